The summed E-state index contributed by atoms with van der Waals surface area (Å²) in [5.41, 5.74) is 5.93. The van der Waals surface area contributed by atoms with E-state index >= 15 is 0 Å². The number of nitriles is 1. The van der Waals surface area contributed by atoms with Crippen LogP contribution in [-0.2, 0) is 0 Å². The molecule has 2 N–H and O–H groups in total. The summed E-state index contributed by atoms with van der Waals surface area (Å²) in [6, 6.07) is 2.23. The molecule has 1 rings (SSSR count). The van der Waals surface area contributed by atoms with Crippen LogP contribution in [-0.4, -0.2) is 5.54 Å². The summed E-state index contributed by atoms with van der Waals surface area (Å²) in [6.07, 6.45) is 1.78. The van der Waals surface area contributed by atoms with Gasteiger partial charge in [0.2, 0.25) is 0 Å². The average molecular weight is 138 g/mol. The minimum Gasteiger partial charge on any atom is -0.325 e. The molecule has 1 aliphatic carbocycles. The molecule has 0 radical (unpaired) electrons. The van der Waals surface area contributed by atoms with Crippen LogP contribution in [0.3, 0.4) is 0 Å². The van der Waals surface area contributed by atoms with Gasteiger partial charge in [-0.1, -0.05) is 13.8 Å². The Morgan fingerprint density at radius 2 is 2.10 bits per heavy atom. The number of rotatable bonds is 1. The minimum atomic E-state index is -0.0274. The van der Waals surface area contributed by atoms with Crippen LogP contribution in [0.15, 0.2) is 0 Å². The van der Waals surface area contributed by atoms with Crippen molar-refractivity contribution in [1.82, 2.24) is 0 Å². The van der Waals surface area contributed by atoms with Gasteiger partial charge in [-0.15, -0.1) is 0 Å². The number of nitrogens with zero attached hydrogens (tertiary/aromatic N) is 1. The van der Waals surface area contributed by atoms with Gasteiger partial charge in [0.05, 0.1) is 6.07 Å². The molecule has 0 spiro atoms. The quantitative estimate of drug-likeness (QED) is 0.593. The van der Waals surface area contributed by atoms with Crippen molar-refractivity contribution in [3.63, 3.8) is 0 Å². The predicted molar refractivity (Wildman–Crippen MR) is 40.1 cm³/mol. The molecule has 56 valence electrons. The fourth-order valence-corrected chi connectivity index (χ4v) is 1.42. The van der Waals surface area contributed by atoms with Gasteiger partial charge < -0.3 is 5.73 Å². The summed E-state index contributed by atoms with van der Waals surface area (Å²) >= 11 is 0. The molecule has 0 aromatic heterocycles. The molecule has 1 aliphatic rings. The van der Waals surface area contributed by atoms with Crippen LogP contribution in [0.4, 0.5) is 0 Å². The highest BCUT2D eigenvalue weighted by atomic mass is 14.8. The predicted octanol–water partition coefficient (Wildman–Crippen LogP) is 1.27. The Morgan fingerprint density at radius 3 is 2.40 bits per heavy atom. The van der Waals surface area contributed by atoms with Crippen molar-refractivity contribution in [1.29, 1.82) is 5.26 Å². The molecule has 2 heteroatoms. The molecule has 2 nitrogen and oxygen atoms in total. The number of hydrogen-bond acceptors (Lipinski definition) is 2. The van der Waals surface area contributed by atoms with E-state index in [0.717, 1.165) is 12.8 Å². The van der Waals surface area contributed by atoms with Crippen LogP contribution in [0, 0.1) is 23.2 Å². The fraction of sp³-hybridized carbons (Fsp3) is 0.875. The number of hydrogen-bond donors (Lipinski definition) is 1. The normalized spacial score (nSPS) is 38.9. The van der Waals surface area contributed by atoms with Crippen molar-refractivity contribution in [2.45, 2.75) is 32.2 Å². The molecule has 0 aromatic rings. The maximum atomic E-state index is 8.49. The highest BCUT2D eigenvalue weighted by Crippen LogP contribution is 2.40. The Morgan fingerprint density at radius 1 is 1.60 bits per heavy atom. The zero-order valence-corrected chi connectivity index (χ0v) is 6.59. The third-order valence-corrected chi connectivity index (χ3v) is 2.59. The first-order valence-corrected chi connectivity index (χ1v) is 3.77. The first-order chi connectivity index (χ1) is 4.58. The molecule has 0 aliphatic heterocycles. The first kappa shape index (κ1) is 7.56. The largest absolute Gasteiger partial charge is 0.325 e. The molecule has 0 atom stereocenters. The lowest BCUT2D eigenvalue weighted by Gasteiger charge is -2.45. The molecule has 0 amide bonds. The van der Waals surface area contributed by atoms with Crippen LogP contribution >= 0.6 is 0 Å². The van der Waals surface area contributed by atoms with Gasteiger partial charge in [0.25, 0.3) is 0 Å². The van der Waals surface area contributed by atoms with Gasteiger partial charge >= 0.3 is 0 Å². The Balaban J connectivity index is 2.43. The molecule has 1 fully saturated rings. The standard InChI is InChI=1S/C8H14N2/c1-6(2)8(10)3-7(4-8)5-9/h6-7H,3-4,10H2,1-2H3. The van der Waals surface area contributed by atoms with Gasteiger partial charge in [-0.2, -0.15) is 5.26 Å². The summed E-state index contributed by atoms with van der Waals surface area (Å²) in [4.78, 5) is 0. The van der Waals surface area contributed by atoms with Gasteiger partial charge in [-0.25, -0.2) is 0 Å². The fourth-order valence-electron chi connectivity index (χ4n) is 1.42. The summed E-state index contributed by atoms with van der Waals surface area (Å²) < 4.78 is 0. The smallest absolute Gasteiger partial charge is 0.0657 e. The van der Waals surface area contributed by atoms with E-state index in [9.17, 15) is 0 Å². The maximum absolute atomic E-state index is 8.49. The summed E-state index contributed by atoms with van der Waals surface area (Å²) in [7, 11) is 0. The van der Waals surface area contributed by atoms with E-state index in [0.29, 0.717) is 5.92 Å². The topological polar surface area (TPSA) is 49.8 Å². The second-order valence-electron chi connectivity index (χ2n) is 3.62. The third-order valence-electron chi connectivity index (χ3n) is 2.59. The summed E-state index contributed by atoms with van der Waals surface area (Å²) in [5.74, 6) is 0.740. The van der Waals surface area contributed by atoms with Crippen LogP contribution < -0.4 is 5.73 Å². The monoisotopic (exact) mass is 138 g/mol. The van der Waals surface area contributed by atoms with Crippen molar-refractivity contribution in [3.8, 4) is 6.07 Å². The van der Waals surface area contributed by atoms with Crippen LogP contribution in [0.5, 0.6) is 0 Å². The van der Waals surface area contributed by atoms with Gasteiger partial charge in [-0.05, 0) is 18.8 Å². The zero-order chi connectivity index (χ0) is 7.78. The van der Waals surface area contributed by atoms with E-state index in [1.807, 2.05) is 0 Å². The third kappa shape index (κ3) is 1.02. The highest BCUT2D eigenvalue weighted by molar-refractivity contribution is 5.07. The number of nitrogens with two attached hydrogens (primary N) is 1. The lowest BCUT2D eigenvalue weighted by Crippen LogP contribution is -2.55. The molecule has 1 saturated carbocycles. The van der Waals surface area contributed by atoms with Gasteiger partial charge in [0.1, 0.15) is 0 Å². The second kappa shape index (κ2) is 2.25. The van der Waals surface area contributed by atoms with E-state index in [1.54, 1.807) is 0 Å². The zero-order valence-electron chi connectivity index (χ0n) is 6.59. The Labute approximate surface area is 62.0 Å². The first-order valence-electron chi connectivity index (χ1n) is 3.77. The van der Waals surface area contributed by atoms with Crippen molar-refractivity contribution in [3.05, 3.63) is 0 Å². The van der Waals surface area contributed by atoms with E-state index in [2.05, 4.69) is 19.9 Å². The molecule has 0 saturated heterocycles. The Bertz CT molecular complexity index is 161. The van der Waals surface area contributed by atoms with Gasteiger partial charge in [-0.3, -0.25) is 0 Å². The highest BCUT2D eigenvalue weighted by Gasteiger charge is 2.43. The van der Waals surface area contributed by atoms with E-state index in [-0.39, 0.29) is 11.5 Å². The summed E-state index contributed by atoms with van der Waals surface area (Å²) in [5, 5.41) is 8.49. The maximum Gasteiger partial charge on any atom is 0.0657 e. The van der Waals surface area contributed by atoms with E-state index < -0.39 is 0 Å². The van der Waals surface area contributed by atoms with Crippen LogP contribution in [0.2, 0.25) is 0 Å². The second-order valence-corrected chi connectivity index (χ2v) is 3.62. The average Bonchev–Trinajstić information content (AvgIpc) is 1.80. The molecule has 10 heavy (non-hydrogen) atoms. The summed E-state index contributed by atoms with van der Waals surface area (Å²) in [6.45, 7) is 4.24. The minimum absolute atomic E-state index is 0.0274. The molecular weight excluding hydrogens is 124 g/mol. The van der Waals surface area contributed by atoms with Gasteiger partial charge in [0.15, 0.2) is 0 Å². The molecule has 0 heterocycles. The Hall–Kier alpha value is -0.550. The van der Waals surface area contributed by atoms with Crippen molar-refractivity contribution in [2.24, 2.45) is 17.6 Å². The SMILES string of the molecule is CC(C)C1(N)CC(C#N)C1. The molecule has 0 bridgehead atoms. The van der Waals surface area contributed by atoms with Crippen molar-refractivity contribution >= 4 is 0 Å². The van der Waals surface area contributed by atoms with E-state index in [1.165, 1.54) is 0 Å². The van der Waals surface area contributed by atoms with Crippen molar-refractivity contribution < 1.29 is 0 Å². The lowest BCUT2D eigenvalue weighted by molar-refractivity contribution is 0.132. The van der Waals surface area contributed by atoms with Gasteiger partial charge in [0, 0.05) is 11.5 Å². The van der Waals surface area contributed by atoms with Crippen molar-refractivity contribution in [2.75, 3.05) is 0 Å². The molecule has 0 unspecified atom stereocenters. The van der Waals surface area contributed by atoms with E-state index in [4.69, 9.17) is 11.0 Å². The Kier molecular flexibility index (Phi) is 1.70. The van der Waals surface area contributed by atoms with Crippen LogP contribution in [0.25, 0.3) is 0 Å². The van der Waals surface area contributed by atoms with Crippen LogP contribution in [0.1, 0.15) is 26.7 Å². The molecule has 0 aromatic carbocycles. The molecular formula is C8H14N2. The lowest BCUT2D eigenvalue weighted by atomic mass is 9.64.